The standard InChI is InChI=1S/C25H29N3O3S/c1-16(2)19-12-9-18(10-13-19)15-26-32(30,31)23-14-20(11-8-17(23)3)24-21-6-4-5-7-22(21)25(29)28-27-24/h8-14,16,26H,4-7,15H2,1-3H3,(H,28,29). The second-order valence-corrected chi connectivity index (χ2v) is 10.5. The molecule has 0 saturated carbocycles. The number of aromatic amines is 1. The molecule has 0 bridgehead atoms. The molecule has 2 aromatic carbocycles. The lowest BCUT2D eigenvalue weighted by Gasteiger charge is -2.18. The van der Waals surface area contributed by atoms with Gasteiger partial charge in [0.15, 0.2) is 0 Å². The third-order valence-corrected chi connectivity index (χ3v) is 7.70. The number of aromatic nitrogens is 2. The van der Waals surface area contributed by atoms with Gasteiger partial charge in [0.05, 0.1) is 10.6 Å². The number of rotatable bonds is 6. The van der Waals surface area contributed by atoms with Crippen molar-refractivity contribution >= 4 is 10.0 Å². The summed E-state index contributed by atoms with van der Waals surface area (Å²) >= 11 is 0. The van der Waals surface area contributed by atoms with E-state index in [1.807, 2.05) is 30.3 Å². The Morgan fingerprint density at radius 2 is 1.72 bits per heavy atom. The van der Waals surface area contributed by atoms with Gasteiger partial charge in [-0.2, -0.15) is 5.10 Å². The van der Waals surface area contributed by atoms with E-state index in [1.54, 1.807) is 19.1 Å². The fraction of sp³-hybridized carbons (Fsp3) is 0.360. The van der Waals surface area contributed by atoms with Crippen molar-refractivity contribution in [2.24, 2.45) is 0 Å². The molecule has 6 nitrogen and oxygen atoms in total. The van der Waals surface area contributed by atoms with E-state index in [0.29, 0.717) is 22.7 Å². The van der Waals surface area contributed by atoms with E-state index in [0.717, 1.165) is 42.4 Å². The minimum absolute atomic E-state index is 0.145. The summed E-state index contributed by atoms with van der Waals surface area (Å²) in [4.78, 5) is 12.4. The van der Waals surface area contributed by atoms with Gasteiger partial charge in [-0.15, -0.1) is 0 Å². The Balaban J connectivity index is 1.63. The normalized spacial score (nSPS) is 13.9. The molecular weight excluding hydrogens is 422 g/mol. The predicted octanol–water partition coefficient (Wildman–Crippen LogP) is 4.23. The molecule has 7 heteroatoms. The van der Waals surface area contributed by atoms with Crippen LogP contribution < -0.4 is 10.3 Å². The summed E-state index contributed by atoms with van der Waals surface area (Å²) < 4.78 is 29.0. The molecule has 168 valence electrons. The molecule has 0 atom stereocenters. The number of nitrogens with one attached hydrogen (secondary N) is 2. The van der Waals surface area contributed by atoms with Crippen LogP contribution in [0.3, 0.4) is 0 Å². The molecule has 1 aliphatic rings. The molecule has 0 radical (unpaired) electrons. The summed E-state index contributed by atoms with van der Waals surface area (Å²) in [5.74, 6) is 0.429. The van der Waals surface area contributed by atoms with Crippen LogP contribution in [0.15, 0.2) is 52.2 Å². The van der Waals surface area contributed by atoms with Gasteiger partial charge in [0, 0.05) is 17.7 Å². The van der Waals surface area contributed by atoms with Crippen molar-refractivity contribution in [3.05, 3.63) is 80.6 Å². The van der Waals surface area contributed by atoms with Gasteiger partial charge >= 0.3 is 0 Å². The first-order valence-corrected chi connectivity index (χ1v) is 12.5. The van der Waals surface area contributed by atoms with Crippen molar-refractivity contribution in [1.82, 2.24) is 14.9 Å². The zero-order valence-corrected chi connectivity index (χ0v) is 19.6. The van der Waals surface area contributed by atoms with Crippen LogP contribution in [0.25, 0.3) is 11.3 Å². The van der Waals surface area contributed by atoms with E-state index in [1.165, 1.54) is 5.56 Å². The van der Waals surface area contributed by atoms with Crippen LogP contribution in [-0.4, -0.2) is 18.6 Å². The average Bonchev–Trinajstić information content (AvgIpc) is 2.79. The minimum Gasteiger partial charge on any atom is -0.268 e. The largest absolute Gasteiger partial charge is 0.268 e. The highest BCUT2D eigenvalue weighted by Gasteiger charge is 2.22. The van der Waals surface area contributed by atoms with Crippen LogP contribution in [0.1, 0.15) is 60.4 Å². The highest BCUT2D eigenvalue weighted by molar-refractivity contribution is 7.89. The van der Waals surface area contributed by atoms with Gasteiger partial charge in [0.25, 0.3) is 5.56 Å². The first-order chi connectivity index (χ1) is 15.3. The molecule has 1 aliphatic carbocycles. The van der Waals surface area contributed by atoms with E-state index in [-0.39, 0.29) is 17.0 Å². The number of nitrogens with zero attached hydrogens (tertiary/aromatic N) is 1. The summed E-state index contributed by atoms with van der Waals surface area (Å²) in [5, 5.41) is 6.87. The van der Waals surface area contributed by atoms with Crippen molar-refractivity contribution in [3.8, 4) is 11.3 Å². The molecule has 0 amide bonds. The Morgan fingerprint density at radius 1 is 1.03 bits per heavy atom. The maximum absolute atomic E-state index is 13.1. The third kappa shape index (κ3) is 4.54. The highest BCUT2D eigenvalue weighted by atomic mass is 32.2. The smallest absolute Gasteiger partial charge is 0.267 e. The molecule has 0 fully saturated rings. The minimum atomic E-state index is -3.73. The second kappa shape index (κ2) is 9.00. The van der Waals surface area contributed by atoms with Crippen molar-refractivity contribution in [1.29, 1.82) is 0 Å². The number of sulfonamides is 1. The van der Waals surface area contributed by atoms with Gasteiger partial charge in [0.2, 0.25) is 10.0 Å². The summed E-state index contributed by atoms with van der Waals surface area (Å²) in [6.45, 7) is 6.26. The number of fused-ring (bicyclic) bond motifs is 1. The second-order valence-electron chi connectivity index (χ2n) is 8.77. The maximum Gasteiger partial charge on any atom is 0.267 e. The Hall–Kier alpha value is -2.77. The lowest BCUT2D eigenvalue weighted by Crippen LogP contribution is -2.24. The first kappa shape index (κ1) is 22.4. The van der Waals surface area contributed by atoms with Crippen LogP contribution >= 0.6 is 0 Å². The zero-order valence-electron chi connectivity index (χ0n) is 18.7. The maximum atomic E-state index is 13.1. The molecular formula is C25H29N3O3S. The van der Waals surface area contributed by atoms with Gasteiger partial charge < -0.3 is 0 Å². The molecule has 3 aromatic rings. The lowest BCUT2D eigenvalue weighted by molar-refractivity contribution is 0.580. The van der Waals surface area contributed by atoms with Gasteiger partial charge in [-0.25, -0.2) is 18.2 Å². The van der Waals surface area contributed by atoms with Crippen LogP contribution in [0, 0.1) is 6.92 Å². The Kier molecular flexibility index (Phi) is 6.31. The number of aryl methyl sites for hydroxylation is 1. The number of benzene rings is 2. The van der Waals surface area contributed by atoms with Crippen molar-refractivity contribution < 1.29 is 8.42 Å². The van der Waals surface area contributed by atoms with E-state index in [9.17, 15) is 13.2 Å². The van der Waals surface area contributed by atoms with E-state index >= 15 is 0 Å². The molecule has 1 aromatic heterocycles. The van der Waals surface area contributed by atoms with Crippen LogP contribution in [-0.2, 0) is 29.4 Å². The fourth-order valence-corrected chi connectivity index (χ4v) is 5.50. The number of hydrogen-bond donors (Lipinski definition) is 2. The summed E-state index contributed by atoms with van der Waals surface area (Å²) in [6, 6.07) is 13.3. The monoisotopic (exact) mass is 451 g/mol. The molecule has 2 N–H and O–H groups in total. The summed E-state index contributed by atoms with van der Waals surface area (Å²) in [6.07, 6.45) is 3.49. The Morgan fingerprint density at radius 3 is 2.41 bits per heavy atom. The van der Waals surface area contributed by atoms with Gasteiger partial charge in [-0.05, 0) is 66.8 Å². The third-order valence-electron chi connectivity index (χ3n) is 6.16. The van der Waals surface area contributed by atoms with Crippen LogP contribution in [0.2, 0.25) is 0 Å². The molecule has 0 saturated heterocycles. The lowest BCUT2D eigenvalue weighted by atomic mass is 9.90. The van der Waals surface area contributed by atoms with Gasteiger partial charge in [0.1, 0.15) is 0 Å². The van der Waals surface area contributed by atoms with E-state index < -0.39 is 10.0 Å². The summed E-state index contributed by atoms with van der Waals surface area (Å²) in [5.41, 5.74) is 5.72. The van der Waals surface area contributed by atoms with Gasteiger partial charge in [-0.3, -0.25) is 4.79 Å². The van der Waals surface area contributed by atoms with Crippen molar-refractivity contribution in [2.75, 3.05) is 0 Å². The first-order valence-electron chi connectivity index (χ1n) is 11.1. The Labute approximate surface area is 189 Å². The molecule has 0 aliphatic heterocycles. The van der Waals surface area contributed by atoms with E-state index in [2.05, 4.69) is 28.8 Å². The fourth-order valence-electron chi connectivity index (χ4n) is 4.21. The molecule has 1 heterocycles. The number of H-pyrrole nitrogens is 1. The zero-order chi connectivity index (χ0) is 22.9. The van der Waals surface area contributed by atoms with Crippen LogP contribution in [0.4, 0.5) is 0 Å². The predicted molar refractivity (Wildman–Crippen MR) is 126 cm³/mol. The molecule has 4 rings (SSSR count). The number of hydrogen-bond acceptors (Lipinski definition) is 4. The quantitative estimate of drug-likeness (QED) is 0.587. The van der Waals surface area contributed by atoms with Crippen LogP contribution in [0.5, 0.6) is 0 Å². The summed E-state index contributed by atoms with van der Waals surface area (Å²) in [7, 11) is -3.73. The topological polar surface area (TPSA) is 91.9 Å². The average molecular weight is 452 g/mol. The van der Waals surface area contributed by atoms with Gasteiger partial charge in [-0.1, -0.05) is 50.2 Å². The highest BCUT2D eigenvalue weighted by Crippen LogP contribution is 2.30. The Bertz CT molecular complexity index is 1290. The SMILES string of the molecule is Cc1ccc(-c2n[nH]c(=O)c3c2CCCC3)cc1S(=O)(=O)NCc1ccc(C(C)C)cc1. The van der Waals surface area contributed by atoms with Crippen molar-refractivity contribution in [2.45, 2.75) is 63.8 Å². The van der Waals surface area contributed by atoms with E-state index in [4.69, 9.17) is 0 Å². The molecule has 0 unspecified atom stereocenters. The van der Waals surface area contributed by atoms with Crippen molar-refractivity contribution in [3.63, 3.8) is 0 Å². The molecule has 0 spiro atoms. The molecule has 32 heavy (non-hydrogen) atoms.